The zero-order valence-electron chi connectivity index (χ0n) is 15.8. The van der Waals surface area contributed by atoms with Crippen LogP contribution >= 0.6 is 0 Å². The van der Waals surface area contributed by atoms with Gasteiger partial charge in [-0.3, -0.25) is 9.69 Å². The van der Waals surface area contributed by atoms with Crippen molar-refractivity contribution in [1.82, 2.24) is 9.97 Å². The van der Waals surface area contributed by atoms with Crippen LogP contribution in [-0.4, -0.2) is 15.9 Å². The van der Waals surface area contributed by atoms with Crippen LogP contribution in [0.5, 0.6) is 11.5 Å². The fourth-order valence-corrected chi connectivity index (χ4v) is 2.67. The monoisotopic (exact) mass is 401 g/mol. The average molecular weight is 401 g/mol. The van der Waals surface area contributed by atoms with Crippen LogP contribution in [0.2, 0.25) is 0 Å². The lowest BCUT2D eigenvalue weighted by molar-refractivity contribution is -0.137. The Morgan fingerprint density at radius 3 is 2.10 bits per heavy atom. The van der Waals surface area contributed by atoms with Gasteiger partial charge in [0.1, 0.15) is 23.1 Å². The first-order valence-corrected chi connectivity index (χ1v) is 8.85. The number of aryl methyl sites for hydroxylation is 1. The predicted molar refractivity (Wildman–Crippen MR) is 102 cm³/mol. The number of halogens is 3. The van der Waals surface area contributed by atoms with Gasteiger partial charge in [-0.25, -0.2) is 9.97 Å². The molecule has 0 saturated heterocycles. The van der Waals surface area contributed by atoms with E-state index in [4.69, 9.17) is 4.74 Å². The van der Waals surface area contributed by atoms with Crippen LogP contribution in [0, 0.1) is 0 Å². The molecule has 0 bridgehead atoms. The number of alkyl halides is 3. The van der Waals surface area contributed by atoms with Crippen LogP contribution in [0.25, 0.3) is 0 Å². The molecule has 0 unspecified atom stereocenters. The summed E-state index contributed by atoms with van der Waals surface area (Å²) in [5.41, 5.74) is -0.161. The largest absolute Gasteiger partial charge is 0.457 e. The molecule has 3 rings (SSSR count). The summed E-state index contributed by atoms with van der Waals surface area (Å²) in [7, 11) is 0. The van der Waals surface area contributed by atoms with Crippen LogP contribution in [-0.2, 0) is 17.4 Å². The molecule has 150 valence electrons. The second-order valence-corrected chi connectivity index (χ2v) is 6.16. The SMILES string of the molecule is CCc1nccc(N(C(C)=O)c2ccc(Oc3ccc(C(F)(F)F)cc3)cc2)n1. The summed E-state index contributed by atoms with van der Waals surface area (Å²) in [6.07, 6.45) is -2.16. The van der Waals surface area contributed by atoms with E-state index in [1.807, 2.05) is 6.92 Å². The highest BCUT2D eigenvalue weighted by Gasteiger charge is 2.30. The smallest absolute Gasteiger partial charge is 0.416 e. The third kappa shape index (κ3) is 4.90. The summed E-state index contributed by atoms with van der Waals surface area (Å²) in [4.78, 5) is 22.1. The Morgan fingerprint density at radius 1 is 1.00 bits per heavy atom. The second-order valence-electron chi connectivity index (χ2n) is 6.16. The van der Waals surface area contributed by atoms with Gasteiger partial charge in [-0.15, -0.1) is 0 Å². The molecule has 1 aromatic heterocycles. The van der Waals surface area contributed by atoms with E-state index >= 15 is 0 Å². The number of anilines is 2. The van der Waals surface area contributed by atoms with Crippen molar-refractivity contribution >= 4 is 17.4 Å². The number of carbonyl (C=O) groups excluding carboxylic acids is 1. The van der Waals surface area contributed by atoms with E-state index in [2.05, 4.69) is 9.97 Å². The number of rotatable bonds is 5. The van der Waals surface area contributed by atoms with Crippen molar-refractivity contribution in [2.24, 2.45) is 0 Å². The third-order valence-corrected chi connectivity index (χ3v) is 4.06. The summed E-state index contributed by atoms with van der Waals surface area (Å²) < 4.78 is 43.5. The maximum absolute atomic E-state index is 12.6. The van der Waals surface area contributed by atoms with Crippen LogP contribution < -0.4 is 9.64 Å². The molecule has 0 N–H and O–H groups in total. The molecule has 8 heteroatoms. The third-order valence-electron chi connectivity index (χ3n) is 4.06. The molecule has 0 fully saturated rings. The van der Waals surface area contributed by atoms with Gasteiger partial charge in [-0.2, -0.15) is 13.2 Å². The van der Waals surface area contributed by atoms with Crippen LogP contribution in [0.1, 0.15) is 25.2 Å². The Morgan fingerprint density at radius 2 is 1.59 bits per heavy atom. The normalized spacial score (nSPS) is 11.2. The number of nitrogens with zero attached hydrogens (tertiary/aromatic N) is 3. The minimum Gasteiger partial charge on any atom is -0.457 e. The standard InChI is InChI=1S/C21H18F3N3O2/c1-3-19-25-13-12-20(26-19)27(14(2)28)16-6-10-18(11-7-16)29-17-8-4-15(5-9-17)21(22,23)24/h4-13H,3H2,1-2H3. The van der Waals surface area contributed by atoms with E-state index in [-0.39, 0.29) is 11.7 Å². The molecule has 0 aliphatic carbocycles. The molecule has 0 spiro atoms. The molecule has 0 saturated carbocycles. The first-order chi connectivity index (χ1) is 13.8. The summed E-state index contributed by atoms with van der Waals surface area (Å²) in [5, 5.41) is 0. The van der Waals surface area contributed by atoms with E-state index in [9.17, 15) is 18.0 Å². The average Bonchev–Trinajstić information content (AvgIpc) is 2.69. The van der Waals surface area contributed by atoms with E-state index in [1.165, 1.54) is 24.0 Å². The Hall–Kier alpha value is -3.42. The maximum atomic E-state index is 12.6. The van der Waals surface area contributed by atoms with Crippen molar-refractivity contribution in [3.8, 4) is 11.5 Å². The van der Waals surface area contributed by atoms with Gasteiger partial charge >= 0.3 is 6.18 Å². The number of hydrogen-bond donors (Lipinski definition) is 0. The van der Waals surface area contributed by atoms with Crippen molar-refractivity contribution in [3.05, 3.63) is 72.2 Å². The minimum absolute atomic E-state index is 0.220. The quantitative estimate of drug-likeness (QED) is 0.564. The molecule has 3 aromatic rings. The topological polar surface area (TPSA) is 55.3 Å². The first kappa shape index (κ1) is 20.3. The summed E-state index contributed by atoms with van der Waals surface area (Å²) in [6.45, 7) is 3.35. The lowest BCUT2D eigenvalue weighted by Gasteiger charge is -2.20. The molecule has 0 atom stereocenters. The predicted octanol–water partition coefficient (Wildman–Crippen LogP) is 5.53. The summed E-state index contributed by atoms with van der Waals surface area (Å²) in [6, 6.07) is 12.7. The molecular formula is C21H18F3N3O2. The first-order valence-electron chi connectivity index (χ1n) is 8.85. The van der Waals surface area contributed by atoms with Crippen molar-refractivity contribution in [2.45, 2.75) is 26.4 Å². The molecule has 0 aliphatic rings. The van der Waals surface area contributed by atoms with E-state index < -0.39 is 11.7 Å². The van der Waals surface area contributed by atoms with Gasteiger partial charge in [0.15, 0.2) is 0 Å². The number of aromatic nitrogens is 2. The molecule has 1 heterocycles. The molecule has 5 nitrogen and oxygen atoms in total. The Kier molecular flexibility index (Phi) is 5.81. The highest BCUT2D eigenvalue weighted by atomic mass is 19.4. The summed E-state index contributed by atoms with van der Waals surface area (Å²) in [5.74, 6) is 1.56. The van der Waals surface area contributed by atoms with Gasteiger partial charge in [-0.05, 0) is 54.6 Å². The fourth-order valence-electron chi connectivity index (χ4n) is 2.67. The van der Waals surface area contributed by atoms with Crippen molar-refractivity contribution in [2.75, 3.05) is 4.90 Å². The van der Waals surface area contributed by atoms with Gasteiger partial charge in [0.2, 0.25) is 5.91 Å². The Balaban J connectivity index is 1.80. The molecule has 29 heavy (non-hydrogen) atoms. The van der Waals surface area contributed by atoms with Gasteiger partial charge in [-0.1, -0.05) is 6.92 Å². The number of benzene rings is 2. The van der Waals surface area contributed by atoms with Crippen molar-refractivity contribution < 1.29 is 22.7 Å². The Labute approximate surface area is 165 Å². The van der Waals surface area contributed by atoms with E-state index in [0.717, 1.165) is 12.1 Å². The Bertz CT molecular complexity index is 987. The van der Waals surface area contributed by atoms with Crippen LogP contribution in [0.3, 0.4) is 0 Å². The van der Waals surface area contributed by atoms with Gasteiger partial charge in [0.25, 0.3) is 0 Å². The molecule has 0 aliphatic heterocycles. The van der Waals surface area contributed by atoms with Crippen molar-refractivity contribution in [1.29, 1.82) is 0 Å². The number of hydrogen-bond acceptors (Lipinski definition) is 4. The van der Waals surface area contributed by atoms with Crippen LogP contribution in [0.4, 0.5) is 24.7 Å². The number of ether oxygens (including phenoxy) is 1. The second kappa shape index (κ2) is 8.30. The molecular weight excluding hydrogens is 383 g/mol. The molecule has 2 aromatic carbocycles. The molecule has 0 radical (unpaired) electrons. The summed E-state index contributed by atoms with van der Waals surface area (Å²) >= 11 is 0. The van der Waals surface area contributed by atoms with Crippen LogP contribution in [0.15, 0.2) is 60.8 Å². The number of carbonyl (C=O) groups is 1. The number of amides is 1. The molecule has 1 amide bonds. The lowest BCUT2D eigenvalue weighted by Crippen LogP contribution is -2.24. The van der Waals surface area contributed by atoms with E-state index in [1.54, 1.807) is 36.5 Å². The zero-order valence-corrected chi connectivity index (χ0v) is 15.8. The highest BCUT2D eigenvalue weighted by Crippen LogP contribution is 2.32. The minimum atomic E-state index is -4.39. The van der Waals surface area contributed by atoms with Gasteiger partial charge in [0, 0.05) is 19.5 Å². The maximum Gasteiger partial charge on any atom is 0.416 e. The van der Waals surface area contributed by atoms with Gasteiger partial charge < -0.3 is 4.74 Å². The van der Waals surface area contributed by atoms with Crippen molar-refractivity contribution in [3.63, 3.8) is 0 Å². The lowest BCUT2D eigenvalue weighted by atomic mass is 10.2. The zero-order chi connectivity index (χ0) is 21.0. The fraction of sp³-hybridized carbons (Fsp3) is 0.190. The van der Waals surface area contributed by atoms with E-state index in [0.29, 0.717) is 29.5 Å². The van der Waals surface area contributed by atoms with Gasteiger partial charge in [0.05, 0.1) is 11.3 Å². The highest BCUT2D eigenvalue weighted by molar-refractivity contribution is 5.98.